The number of methoxy groups -OCH3 is 2. The van der Waals surface area contributed by atoms with Gasteiger partial charge >= 0.3 is 12.2 Å². The number of nitrogens with one attached hydrogen (secondary N) is 1. The van der Waals surface area contributed by atoms with Crippen molar-refractivity contribution < 1.29 is 62.9 Å². The smallest absolute Gasteiger partial charge is 0.417 e. The number of unbranched alkanes of at least 4 members (excludes halogenated alkanes) is 2. The molecule has 16 heteroatoms. The first-order valence-corrected chi connectivity index (χ1v) is 23.4. The van der Waals surface area contributed by atoms with Gasteiger partial charge in [-0.05, 0) is 85.4 Å². The summed E-state index contributed by atoms with van der Waals surface area (Å²) in [4.78, 5) is 35.9. The summed E-state index contributed by atoms with van der Waals surface area (Å²) in [5.74, 6) is -1.12. The summed E-state index contributed by atoms with van der Waals surface area (Å²) in [6.45, 7) is 8.15. The Balaban J connectivity index is 1.54. The molecular weight excluding hydrogens is 875 g/mol. The monoisotopic (exact) mass is 941 g/mol. The van der Waals surface area contributed by atoms with E-state index < -0.39 is 35.9 Å². The third kappa shape index (κ3) is 12.6. The number of carbonyl (C=O) groups is 2. The highest BCUT2D eigenvalue weighted by Crippen LogP contribution is 2.62. The first-order chi connectivity index (χ1) is 33.2. The molecule has 0 radical (unpaired) electrons. The molecule has 3 aliphatic rings. The van der Waals surface area contributed by atoms with Gasteiger partial charge < -0.3 is 53.3 Å². The molecule has 6 unspecified atom stereocenters. The molecule has 6 rings (SSSR count). The van der Waals surface area contributed by atoms with Crippen LogP contribution in [0, 0.1) is 17.8 Å². The van der Waals surface area contributed by atoms with Gasteiger partial charge in [0, 0.05) is 43.7 Å². The second-order valence-electron chi connectivity index (χ2n) is 16.8. The molecule has 0 spiro atoms. The highest BCUT2D eigenvalue weighted by Gasteiger charge is 2.65. The number of ether oxygens (including phenoxy) is 7. The van der Waals surface area contributed by atoms with Crippen molar-refractivity contribution in [2.75, 3.05) is 72.3 Å². The number of hydrogen-bond donors (Lipinski definition) is 4. The van der Waals surface area contributed by atoms with E-state index in [4.69, 9.17) is 43.2 Å². The van der Waals surface area contributed by atoms with E-state index in [0.717, 1.165) is 29.5 Å². The van der Waals surface area contributed by atoms with Gasteiger partial charge in [-0.15, -0.1) is 13.2 Å². The third-order valence-electron chi connectivity index (χ3n) is 12.6. The van der Waals surface area contributed by atoms with E-state index in [9.17, 15) is 24.9 Å². The van der Waals surface area contributed by atoms with E-state index in [1.54, 1.807) is 47.4 Å². The van der Waals surface area contributed by atoms with Crippen LogP contribution in [0.4, 0.5) is 15.3 Å². The molecule has 0 aromatic heterocycles. The van der Waals surface area contributed by atoms with Crippen LogP contribution in [-0.2, 0) is 25.7 Å². The molecule has 16 nitrogen and oxygen atoms in total. The molecule has 1 fully saturated rings. The maximum atomic E-state index is 14.5. The predicted molar refractivity (Wildman–Crippen MR) is 256 cm³/mol. The van der Waals surface area contributed by atoms with Crippen molar-refractivity contribution in [3.63, 3.8) is 0 Å². The standard InChI is InChI=1S/C52H67N3O13/c1-5-7-28-64-51(60)55(23-29-63-30-26-58)47-34-44(54-66-35-36-15-9-8-10-16-36)41-31-37(17-11-13-24-56)40(18-12-14-25-57)48-42-32-39(20-22-45(42)68-52(47,49(41)48)65-27-6-2)67-50(59)53-43-21-19-38(61-3)33-46(43)62-4/h5-6,8-10,15-16,19-22,31-33,37,40,47-49,56-58H,1-2,7,11-14,17-18,23-30,34-35H2,3-4H3,(H,53,59). The van der Waals surface area contributed by atoms with Crippen LogP contribution in [-0.4, -0.2) is 117 Å². The molecule has 2 amide bonds. The Morgan fingerprint density at radius 1 is 0.897 bits per heavy atom. The molecule has 6 atom stereocenters. The fraction of sp³-hybridized carbons (Fsp3) is 0.481. The highest BCUT2D eigenvalue weighted by atomic mass is 16.7. The van der Waals surface area contributed by atoms with Crippen LogP contribution in [0.3, 0.4) is 0 Å². The van der Waals surface area contributed by atoms with E-state index in [0.29, 0.717) is 60.8 Å². The molecule has 1 heterocycles. The van der Waals surface area contributed by atoms with Gasteiger partial charge in [0.05, 0.1) is 64.6 Å². The Labute approximate surface area is 399 Å². The minimum atomic E-state index is -1.58. The normalized spacial score (nSPS) is 21.8. The number of fused-ring (bicyclic) bond motifs is 2. The summed E-state index contributed by atoms with van der Waals surface area (Å²) < 4.78 is 42.8. The summed E-state index contributed by atoms with van der Waals surface area (Å²) >= 11 is 0. The summed E-state index contributed by atoms with van der Waals surface area (Å²) in [5.41, 5.74) is 3.47. The van der Waals surface area contributed by atoms with Gasteiger partial charge in [-0.3, -0.25) is 10.2 Å². The van der Waals surface area contributed by atoms with E-state index in [2.05, 4.69) is 24.6 Å². The number of carbonyl (C=O) groups excluding carboxylic acids is 2. The Bertz CT molecular complexity index is 2180. The molecule has 68 heavy (non-hydrogen) atoms. The van der Waals surface area contributed by atoms with Crippen molar-refractivity contribution in [3.05, 3.63) is 115 Å². The topological polar surface area (TPSA) is 196 Å². The fourth-order valence-electron chi connectivity index (χ4n) is 9.63. The minimum Gasteiger partial charge on any atom is -0.497 e. The lowest BCUT2D eigenvalue weighted by Gasteiger charge is -2.59. The summed E-state index contributed by atoms with van der Waals surface area (Å²) in [6, 6.07) is 19.0. The van der Waals surface area contributed by atoms with E-state index in [1.807, 2.05) is 36.4 Å². The number of allylic oxidation sites excluding steroid dienone is 1. The maximum Gasteiger partial charge on any atom is 0.417 e. The van der Waals surface area contributed by atoms with E-state index >= 15 is 0 Å². The zero-order valence-electron chi connectivity index (χ0n) is 39.2. The first-order valence-electron chi connectivity index (χ1n) is 23.4. The SMILES string of the molecule is C=CCCOC(=O)N(CCOCCO)C1CC(=NOCc2ccccc2)C2=CC(CCCCO)C(CCCCO)C3c4cc(OC(=O)Nc5ccc(OC)cc5OC)ccc4OC1(OCC=C)C23. The van der Waals surface area contributed by atoms with Gasteiger partial charge in [-0.25, -0.2) is 9.59 Å². The largest absolute Gasteiger partial charge is 0.497 e. The molecule has 4 N–H and O–H groups in total. The second-order valence-corrected chi connectivity index (χ2v) is 16.8. The molecule has 3 aromatic carbocycles. The molecule has 368 valence electrons. The number of oxime groups is 1. The molecule has 0 bridgehead atoms. The van der Waals surface area contributed by atoms with Crippen molar-refractivity contribution in [1.29, 1.82) is 0 Å². The van der Waals surface area contributed by atoms with Crippen LogP contribution >= 0.6 is 0 Å². The summed E-state index contributed by atoms with van der Waals surface area (Å²) in [7, 11) is 3.03. The molecule has 1 aliphatic heterocycles. The second kappa shape index (κ2) is 26.0. The number of aliphatic hydroxyl groups is 3. The Hall–Kier alpha value is -5.91. The van der Waals surface area contributed by atoms with Gasteiger partial charge in [-0.2, -0.15) is 0 Å². The maximum absolute atomic E-state index is 14.5. The average Bonchev–Trinajstić information content (AvgIpc) is 3.35. The Morgan fingerprint density at radius 3 is 2.40 bits per heavy atom. The lowest BCUT2D eigenvalue weighted by atomic mass is 9.55. The van der Waals surface area contributed by atoms with Crippen molar-refractivity contribution in [1.82, 2.24) is 4.90 Å². The number of aliphatic hydroxyl groups excluding tert-OH is 3. The van der Waals surface area contributed by atoms with Crippen LogP contribution in [0.15, 0.2) is 109 Å². The van der Waals surface area contributed by atoms with Crippen LogP contribution in [0.2, 0.25) is 0 Å². The van der Waals surface area contributed by atoms with Crippen LogP contribution < -0.4 is 24.3 Å². The van der Waals surface area contributed by atoms with Gasteiger partial charge in [0.2, 0.25) is 5.79 Å². The number of nitrogens with zero attached hydrogens (tertiary/aromatic N) is 2. The van der Waals surface area contributed by atoms with Crippen molar-refractivity contribution in [3.8, 4) is 23.0 Å². The molecular formula is C52H67N3O13. The van der Waals surface area contributed by atoms with Crippen molar-refractivity contribution >= 4 is 23.6 Å². The van der Waals surface area contributed by atoms with Gasteiger partial charge in [0.1, 0.15) is 35.6 Å². The lowest BCUT2D eigenvalue weighted by Crippen LogP contribution is -2.70. The Kier molecular flexibility index (Phi) is 19.7. The van der Waals surface area contributed by atoms with Gasteiger partial charge in [0.15, 0.2) is 0 Å². The lowest BCUT2D eigenvalue weighted by molar-refractivity contribution is -0.256. The molecule has 2 aliphatic carbocycles. The number of benzene rings is 3. The molecule has 3 aromatic rings. The average molecular weight is 942 g/mol. The quantitative estimate of drug-likeness (QED) is 0.0325. The minimum absolute atomic E-state index is 0.0220. The number of hydrogen-bond acceptors (Lipinski definition) is 14. The summed E-state index contributed by atoms with van der Waals surface area (Å²) in [5, 5.41) is 37.2. The van der Waals surface area contributed by atoms with E-state index in [1.165, 1.54) is 14.2 Å². The first kappa shape index (κ1) is 51.5. The molecule has 1 saturated carbocycles. The number of anilines is 1. The number of rotatable bonds is 27. The zero-order chi connectivity index (χ0) is 48.3. The van der Waals surface area contributed by atoms with Crippen molar-refractivity contribution in [2.45, 2.75) is 75.7 Å². The van der Waals surface area contributed by atoms with Crippen LogP contribution in [0.1, 0.15) is 68.4 Å². The predicted octanol–water partition coefficient (Wildman–Crippen LogP) is 8.17. The highest BCUT2D eigenvalue weighted by molar-refractivity contribution is 6.03. The number of amides is 2. The van der Waals surface area contributed by atoms with Gasteiger partial charge in [-0.1, -0.05) is 66.6 Å². The van der Waals surface area contributed by atoms with Crippen molar-refractivity contribution in [2.24, 2.45) is 22.9 Å². The van der Waals surface area contributed by atoms with E-state index in [-0.39, 0.29) is 83.4 Å². The molecule has 0 saturated heterocycles. The van der Waals surface area contributed by atoms with Crippen LogP contribution in [0.5, 0.6) is 23.0 Å². The fourth-order valence-corrected chi connectivity index (χ4v) is 9.63. The van der Waals surface area contributed by atoms with Gasteiger partial charge in [0.25, 0.3) is 0 Å². The van der Waals surface area contributed by atoms with Crippen LogP contribution in [0.25, 0.3) is 0 Å². The third-order valence-corrected chi connectivity index (χ3v) is 12.6. The Morgan fingerprint density at radius 2 is 1.68 bits per heavy atom. The zero-order valence-corrected chi connectivity index (χ0v) is 39.2. The summed E-state index contributed by atoms with van der Waals surface area (Å²) in [6.07, 6.45) is 8.79.